The van der Waals surface area contributed by atoms with E-state index in [0.29, 0.717) is 0 Å². The summed E-state index contributed by atoms with van der Waals surface area (Å²) in [5.41, 5.74) is 3.88. The molecule has 0 fully saturated rings. The molecule has 0 bridgehead atoms. The van der Waals surface area contributed by atoms with Crippen LogP contribution in [0, 0.1) is 0 Å². The van der Waals surface area contributed by atoms with Crippen LogP contribution in [0.3, 0.4) is 0 Å². The average molecular weight is 423 g/mol. The second-order valence-corrected chi connectivity index (χ2v) is 8.12. The monoisotopic (exact) mass is 421 g/mol. The largest absolute Gasteiger partial charge is 0.480 e. The van der Waals surface area contributed by atoms with Gasteiger partial charge in [0.1, 0.15) is 0 Å². The van der Waals surface area contributed by atoms with Crippen LogP contribution < -0.4 is 0 Å². The van der Waals surface area contributed by atoms with Gasteiger partial charge >= 0.3 is 5.97 Å². The van der Waals surface area contributed by atoms with E-state index in [-0.39, 0.29) is 12.0 Å². The number of halogens is 2. The Labute approximate surface area is 161 Å². The Morgan fingerprint density at radius 1 is 1.28 bits per heavy atom. The highest BCUT2D eigenvalue weighted by molar-refractivity contribution is 9.10. The number of rotatable bonds is 6. The van der Waals surface area contributed by atoms with Crippen molar-refractivity contribution in [3.8, 4) is 0 Å². The van der Waals surface area contributed by atoms with Gasteiger partial charge < -0.3 is 5.11 Å². The predicted octanol–water partition coefficient (Wildman–Crippen LogP) is 4.74. The third kappa shape index (κ3) is 3.91. The number of aryl methyl sites for hydroxylation is 1. The Kier molecular flexibility index (Phi) is 5.52. The summed E-state index contributed by atoms with van der Waals surface area (Å²) in [5.74, 6) is -0.793. The second-order valence-electron chi connectivity index (χ2n) is 6.77. The number of benzene rings is 2. The molecule has 1 aliphatic carbocycles. The number of carbonyl (C=O) groups is 1. The maximum absolute atomic E-state index is 11.0. The second kappa shape index (κ2) is 7.48. The van der Waals surface area contributed by atoms with E-state index in [1.54, 1.807) is 0 Å². The number of aliphatic carboxylic acids is 1. The lowest BCUT2D eigenvalue weighted by Crippen LogP contribution is -2.33. The number of nitrogens with zero attached hydrogens (tertiary/aromatic N) is 1. The fourth-order valence-electron chi connectivity index (χ4n) is 3.88. The van der Waals surface area contributed by atoms with E-state index in [2.05, 4.69) is 46.3 Å². The van der Waals surface area contributed by atoms with Gasteiger partial charge in [-0.15, -0.1) is 0 Å². The first-order valence-electron chi connectivity index (χ1n) is 8.36. The Hall–Kier alpha value is -1.36. The van der Waals surface area contributed by atoms with Crippen molar-refractivity contribution in [2.24, 2.45) is 0 Å². The topological polar surface area (TPSA) is 40.5 Å². The molecule has 0 saturated heterocycles. The van der Waals surface area contributed by atoms with Crippen LogP contribution in [-0.4, -0.2) is 36.1 Å². The van der Waals surface area contributed by atoms with Gasteiger partial charge in [0.2, 0.25) is 0 Å². The highest BCUT2D eigenvalue weighted by Gasteiger charge is 2.40. The summed E-state index contributed by atoms with van der Waals surface area (Å²) in [6.45, 7) is 0.786. The van der Waals surface area contributed by atoms with Gasteiger partial charge in [-0.25, -0.2) is 0 Å². The average Bonchev–Trinajstić information content (AvgIpc) is 2.92. The Morgan fingerprint density at radius 2 is 2.00 bits per heavy atom. The zero-order valence-corrected chi connectivity index (χ0v) is 16.5. The summed E-state index contributed by atoms with van der Waals surface area (Å²) in [6.07, 6.45) is 2.94. The molecule has 0 saturated carbocycles. The first-order chi connectivity index (χ1) is 11.9. The molecule has 0 aliphatic heterocycles. The number of carboxylic acids is 1. The van der Waals surface area contributed by atoms with Crippen LogP contribution in [0.1, 0.15) is 29.5 Å². The van der Waals surface area contributed by atoms with E-state index in [4.69, 9.17) is 16.7 Å². The number of carboxylic acid groups (broad SMARTS) is 1. The zero-order chi connectivity index (χ0) is 18.0. The fraction of sp³-hybridized carbons (Fsp3) is 0.350. The molecule has 2 aromatic rings. The lowest BCUT2D eigenvalue weighted by Gasteiger charge is -2.33. The maximum Gasteiger partial charge on any atom is 0.317 e. The van der Waals surface area contributed by atoms with Crippen molar-refractivity contribution >= 4 is 33.5 Å². The molecule has 5 heteroatoms. The molecule has 0 amide bonds. The van der Waals surface area contributed by atoms with Crippen LogP contribution in [0.25, 0.3) is 0 Å². The Morgan fingerprint density at radius 3 is 2.68 bits per heavy atom. The quantitative estimate of drug-likeness (QED) is 0.731. The fourth-order valence-corrected chi connectivity index (χ4v) is 4.42. The number of hydrogen-bond acceptors (Lipinski definition) is 2. The third-order valence-electron chi connectivity index (χ3n) is 5.13. The molecule has 2 aromatic carbocycles. The molecular weight excluding hydrogens is 402 g/mol. The minimum absolute atomic E-state index is 0.0594. The summed E-state index contributed by atoms with van der Waals surface area (Å²) >= 11 is 9.66. The third-order valence-corrected chi connectivity index (χ3v) is 5.87. The van der Waals surface area contributed by atoms with Gasteiger partial charge in [-0.3, -0.25) is 9.69 Å². The molecule has 3 rings (SSSR count). The minimum Gasteiger partial charge on any atom is -0.480 e. The minimum atomic E-state index is -0.793. The molecule has 0 heterocycles. The molecule has 0 spiro atoms. The SMILES string of the molecule is CN(CC[C@]1(c2ccc(Cl)cc2)CCc2cc(Br)ccc21)CC(=O)O. The van der Waals surface area contributed by atoms with E-state index >= 15 is 0 Å². The van der Waals surface area contributed by atoms with Crippen molar-refractivity contribution < 1.29 is 9.90 Å². The van der Waals surface area contributed by atoms with Gasteiger partial charge in [-0.05, 0) is 73.8 Å². The van der Waals surface area contributed by atoms with Crippen molar-refractivity contribution in [3.63, 3.8) is 0 Å². The van der Waals surface area contributed by atoms with Crippen LogP contribution in [0.15, 0.2) is 46.9 Å². The van der Waals surface area contributed by atoms with Crippen molar-refractivity contribution in [2.75, 3.05) is 20.1 Å². The Bertz CT molecular complexity index is 778. The lowest BCUT2D eigenvalue weighted by atomic mass is 9.73. The summed E-state index contributed by atoms with van der Waals surface area (Å²) < 4.78 is 1.10. The summed E-state index contributed by atoms with van der Waals surface area (Å²) in [4.78, 5) is 12.8. The lowest BCUT2D eigenvalue weighted by molar-refractivity contribution is -0.138. The smallest absolute Gasteiger partial charge is 0.317 e. The van der Waals surface area contributed by atoms with Crippen LogP contribution in [0.2, 0.25) is 5.02 Å². The van der Waals surface area contributed by atoms with E-state index < -0.39 is 5.97 Å². The predicted molar refractivity (Wildman–Crippen MR) is 104 cm³/mol. The first kappa shape index (κ1) is 18.4. The van der Waals surface area contributed by atoms with E-state index in [1.165, 1.54) is 16.7 Å². The van der Waals surface area contributed by atoms with Crippen molar-refractivity contribution in [1.29, 1.82) is 0 Å². The van der Waals surface area contributed by atoms with E-state index in [1.807, 2.05) is 24.1 Å². The molecule has 1 atom stereocenters. The highest BCUT2D eigenvalue weighted by atomic mass is 79.9. The van der Waals surface area contributed by atoms with Gasteiger partial charge in [0.25, 0.3) is 0 Å². The molecule has 25 heavy (non-hydrogen) atoms. The van der Waals surface area contributed by atoms with Gasteiger partial charge in [0.05, 0.1) is 6.54 Å². The van der Waals surface area contributed by atoms with Crippen LogP contribution in [0.4, 0.5) is 0 Å². The molecule has 1 N–H and O–H groups in total. The standard InChI is InChI=1S/C20H21BrClNO2/c1-23(13-19(24)25)11-10-20(15-2-5-17(22)6-3-15)9-8-14-12-16(21)4-7-18(14)20/h2-7,12H,8-11,13H2,1H3,(H,24,25)/t20-/m0/s1. The van der Waals surface area contributed by atoms with Gasteiger partial charge in [0, 0.05) is 14.9 Å². The van der Waals surface area contributed by atoms with Crippen molar-refractivity contribution in [2.45, 2.75) is 24.7 Å². The van der Waals surface area contributed by atoms with Crippen molar-refractivity contribution in [3.05, 3.63) is 68.7 Å². The van der Waals surface area contributed by atoms with Crippen LogP contribution >= 0.6 is 27.5 Å². The summed E-state index contributed by atoms with van der Waals surface area (Å²) in [7, 11) is 1.86. The van der Waals surface area contributed by atoms with Gasteiger partial charge in [-0.1, -0.05) is 45.7 Å². The van der Waals surface area contributed by atoms with E-state index in [9.17, 15) is 4.79 Å². The molecule has 0 radical (unpaired) electrons. The van der Waals surface area contributed by atoms with Gasteiger partial charge in [0.15, 0.2) is 0 Å². The molecule has 0 aromatic heterocycles. The van der Waals surface area contributed by atoms with Crippen molar-refractivity contribution in [1.82, 2.24) is 4.90 Å². The first-order valence-corrected chi connectivity index (χ1v) is 9.53. The van der Waals surface area contributed by atoms with Crippen LogP contribution in [-0.2, 0) is 16.6 Å². The molecule has 1 aliphatic rings. The maximum atomic E-state index is 11.0. The van der Waals surface area contributed by atoms with E-state index in [0.717, 1.165) is 35.3 Å². The number of fused-ring (bicyclic) bond motifs is 1. The normalized spacial score (nSPS) is 19.2. The molecule has 0 unspecified atom stereocenters. The zero-order valence-electron chi connectivity index (χ0n) is 14.1. The van der Waals surface area contributed by atoms with Crippen LogP contribution in [0.5, 0.6) is 0 Å². The Balaban J connectivity index is 1.96. The summed E-state index contributed by atoms with van der Waals surface area (Å²) in [5, 5.41) is 9.75. The number of hydrogen-bond donors (Lipinski definition) is 1. The molecular formula is C20H21BrClNO2. The number of likely N-dealkylation sites (N-methyl/N-ethyl adjacent to an activating group) is 1. The van der Waals surface area contributed by atoms with Gasteiger partial charge in [-0.2, -0.15) is 0 Å². The highest BCUT2D eigenvalue weighted by Crippen LogP contribution is 2.47. The molecule has 132 valence electrons. The summed E-state index contributed by atoms with van der Waals surface area (Å²) in [6, 6.07) is 14.6. The molecule has 3 nitrogen and oxygen atoms in total.